The van der Waals surface area contributed by atoms with E-state index in [1.165, 1.54) is 12.1 Å². The highest BCUT2D eigenvalue weighted by molar-refractivity contribution is 7.93. The third-order valence-electron chi connectivity index (χ3n) is 6.81. The Labute approximate surface area is 233 Å². The van der Waals surface area contributed by atoms with Gasteiger partial charge in [0, 0.05) is 16.3 Å². The SMILES string of the molecule is Cc1cc(C)c(S(=O)(=O)N(C(=O)c2ccccc2)c2ccc(OC(=O)c3ccccc3)c3ccccc23)cc1C. The van der Waals surface area contributed by atoms with E-state index in [0.717, 1.165) is 15.4 Å². The molecule has 0 saturated heterocycles. The Kier molecular flexibility index (Phi) is 7.24. The number of esters is 1. The van der Waals surface area contributed by atoms with E-state index in [2.05, 4.69) is 0 Å². The fraction of sp³-hybridized carbons (Fsp3) is 0.0909. The summed E-state index contributed by atoms with van der Waals surface area (Å²) in [5, 5.41) is 0.928. The van der Waals surface area contributed by atoms with Gasteiger partial charge in [-0.1, -0.05) is 66.7 Å². The molecule has 5 rings (SSSR count). The Morgan fingerprint density at radius 1 is 0.625 bits per heavy atom. The first-order chi connectivity index (χ1) is 19.2. The summed E-state index contributed by atoms with van der Waals surface area (Å²) in [5.41, 5.74) is 3.03. The zero-order chi connectivity index (χ0) is 28.4. The third kappa shape index (κ3) is 4.99. The quantitative estimate of drug-likeness (QED) is 0.168. The maximum absolute atomic E-state index is 14.3. The molecule has 7 heteroatoms. The number of amides is 1. The molecular weight excluding hydrogens is 522 g/mol. The number of hydrogen-bond donors (Lipinski definition) is 0. The molecule has 6 nitrogen and oxygen atoms in total. The third-order valence-corrected chi connectivity index (χ3v) is 8.65. The summed E-state index contributed by atoms with van der Waals surface area (Å²) < 4.78 is 35.3. The van der Waals surface area contributed by atoms with Crippen LogP contribution >= 0.6 is 0 Å². The molecule has 0 radical (unpaired) electrons. The van der Waals surface area contributed by atoms with Crippen molar-refractivity contribution in [1.82, 2.24) is 0 Å². The number of hydrogen-bond acceptors (Lipinski definition) is 5. The van der Waals surface area contributed by atoms with Gasteiger partial charge in [0.05, 0.1) is 16.1 Å². The van der Waals surface area contributed by atoms with Crippen molar-refractivity contribution in [1.29, 1.82) is 0 Å². The zero-order valence-corrected chi connectivity index (χ0v) is 23.1. The molecule has 0 atom stereocenters. The topological polar surface area (TPSA) is 80.8 Å². The predicted molar refractivity (Wildman–Crippen MR) is 156 cm³/mol. The number of anilines is 1. The van der Waals surface area contributed by atoms with Crippen LogP contribution in [-0.4, -0.2) is 20.3 Å². The number of carbonyl (C=O) groups excluding carboxylic acids is 2. The molecular formula is C33H27NO5S. The Balaban J connectivity index is 1.70. The van der Waals surface area contributed by atoms with Crippen molar-refractivity contribution < 1.29 is 22.7 Å². The van der Waals surface area contributed by atoms with Gasteiger partial charge in [0.2, 0.25) is 0 Å². The lowest BCUT2D eigenvalue weighted by Crippen LogP contribution is -2.37. The second-order valence-corrected chi connectivity index (χ2v) is 11.3. The van der Waals surface area contributed by atoms with Gasteiger partial charge in [-0.2, -0.15) is 4.31 Å². The van der Waals surface area contributed by atoms with E-state index in [0.29, 0.717) is 21.9 Å². The van der Waals surface area contributed by atoms with E-state index < -0.39 is 21.9 Å². The molecule has 0 aliphatic rings. The number of nitrogens with zero attached hydrogens (tertiary/aromatic N) is 1. The van der Waals surface area contributed by atoms with E-state index in [-0.39, 0.29) is 21.9 Å². The number of rotatable bonds is 6. The Bertz CT molecular complexity index is 1850. The number of sulfonamides is 1. The Morgan fingerprint density at radius 2 is 1.18 bits per heavy atom. The van der Waals surface area contributed by atoms with Crippen molar-refractivity contribution >= 4 is 38.4 Å². The fourth-order valence-corrected chi connectivity index (χ4v) is 6.34. The molecule has 0 aromatic heterocycles. The molecule has 0 N–H and O–H groups in total. The highest BCUT2D eigenvalue weighted by atomic mass is 32.2. The monoisotopic (exact) mass is 549 g/mol. The molecule has 40 heavy (non-hydrogen) atoms. The lowest BCUT2D eigenvalue weighted by Gasteiger charge is -2.26. The molecule has 1 amide bonds. The first-order valence-electron chi connectivity index (χ1n) is 12.7. The largest absolute Gasteiger partial charge is 0.422 e. The number of aryl methyl sites for hydroxylation is 3. The van der Waals surface area contributed by atoms with Gasteiger partial charge in [-0.3, -0.25) is 4.79 Å². The lowest BCUT2D eigenvalue weighted by atomic mass is 10.1. The first kappa shape index (κ1) is 26.8. The highest BCUT2D eigenvalue weighted by Crippen LogP contribution is 2.38. The predicted octanol–water partition coefficient (Wildman–Crippen LogP) is 7.02. The van der Waals surface area contributed by atoms with Crippen LogP contribution in [0.15, 0.2) is 114 Å². The second-order valence-electron chi connectivity index (χ2n) is 9.53. The minimum absolute atomic E-state index is 0.0449. The summed E-state index contributed by atoms with van der Waals surface area (Å²) in [4.78, 5) is 26.9. The molecule has 0 heterocycles. The molecule has 5 aromatic rings. The summed E-state index contributed by atoms with van der Waals surface area (Å²) >= 11 is 0. The Morgan fingerprint density at radius 3 is 1.82 bits per heavy atom. The van der Waals surface area contributed by atoms with Crippen LogP contribution in [0.1, 0.15) is 37.4 Å². The maximum atomic E-state index is 14.3. The van der Waals surface area contributed by atoms with Crippen molar-refractivity contribution in [3.63, 3.8) is 0 Å². The summed E-state index contributed by atoms with van der Waals surface area (Å²) in [6, 6.07) is 30.2. The van der Waals surface area contributed by atoms with Gasteiger partial charge in [-0.15, -0.1) is 0 Å². The molecule has 5 aromatic carbocycles. The molecule has 0 aliphatic heterocycles. The molecule has 200 valence electrons. The fourth-order valence-electron chi connectivity index (χ4n) is 4.61. The molecule has 0 saturated carbocycles. The minimum Gasteiger partial charge on any atom is -0.422 e. The summed E-state index contributed by atoms with van der Waals surface area (Å²) in [6.07, 6.45) is 0. The van der Waals surface area contributed by atoms with Crippen LogP contribution in [0.3, 0.4) is 0 Å². The number of fused-ring (bicyclic) bond motifs is 1. The maximum Gasteiger partial charge on any atom is 0.343 e. The van der Waals surface area contributed by atoms with Gasteiger partial charge in [-0.05, 0) is 79.9 Å². The van der Waals surface area contributed by atoms with Crippen molar-refractivity contribution in [2.24, 2.45) is 0 Å². The van der Waals surface area contributed by atoms with Crippen LogP contribution in [0, 0.1) is 20.8 Å². The highest BCUT2D eigenvalue weighted by Gasteiger charge is 2.34. The normalized spacial score (nSPS) is 11.3. The van der Waals surface area contributed by atoms with Gasteiger partial charge in [0.15, 0.2) is 0 Å². The standard InChI is InChI=1S/C33H27NO5S/c1-22-20-24(3)31(21-23(22)2)40(37,38)34(32(35)25-12-6-4-7-13-25)29-18-19-30(28-17-11-10-16-27(28)29)39-33(36)26-14-8-5-9-15-26/h4-21H,1-3H3. The van der Waals surface area contributed by atoms with Crippen LogP contribution in [0.5, 0.6) is 5.75 Å². The van der Waals surface area contributed by atoms with E-state index >= 15 is 0 Å². The number of benzene rings is 5. The lowest BCUT2D eigenvalue weighted by molar-refractivity contribution is 0.0736. The van der Waals surface area contributed by atoms with Crippen molar-refractivity contribution in [3.05, 3.63) is 137 Å². The van der Waals surface area contributed by atoms with E-state index in [9.17, 15) is 18.0 Å². The minimum atomic E-state index is -4.37. The van der Waals surface area contributed by atoms with Gasteiger partial charge < -0.3 is 4.74 Å². The number of ether oxygens (including phenoxy) is 1. The van der Waals surface area contributed by atoms with Crippen LogP contribution in [0.4, 0.5) is 5.69 Å². The van der Waals surface area contributed by atoms with Crippen LogP contribution in [-0.2, 0) is 10.0 Å². The average molecular weight is 550 g/mol. The molecule has 0 unspecified atom stereocenters. The second kappa shape index (κ2) is 10.8. The van der Waals surface area contributed by atoms with Gasteiger partial charge in [-0.25, -0.2) is 13.2 Å². The Hall–Kier alpha value is -4.75. The number of carbonyl (C=O) groups is 2. The van der Waals surface area contributed by atoms with E-state index in [1.54, 1.807) is 104 Å². The molecule has 0 bridgehead atoms. The van der Waals surface area contributed by atoms with Crippen LogP contribution in [0.25, 0.3) is 10.8 Å². The van der Waals surface area contributed by atoms with Crippen molar-refractivity contribution in [2.45, 2.75) is 25.7 Å². The van der Waals surface area contributed by atoms with E-state index in [1.807, 2.05) is 13.8 Å². The van der Waals surface area contributed by atoms with Gasteiger partial charge in [0.25, 0.3) is 15.9 Å². The van der Waals surface area contributed by atoms with Crippen LogP contribution in [0.2, 0.25) is 0 Å². The first-order valence-corrected chi connectivity index (χ1v) is 14.1. The van der Waals surface area contributed by atoms with Crippen LogP contribution < -0.4 is 9.04 Å². The zero-order valence-electron chi connectivity index (χ0n) is 22.3. The smallest absolute Gasteiger partial charge is 0.343 e. The van der Waals surface area contributed by atoms with E-state index in [4.69, 9.17) is 4.74 Å². The summed E-state index contributed by atoms with van der Waals surface area (Å²) in [5.74, 6) is -0.994. The molecule has 0 spiro atoms. The van der Waals surface area contributed by atoms with Gasteiger partial charge >= 0.3 is 5.97 Å². The summed E-state index contributed by atoms with van der Waals surface area (Å²) in [6.45, 7) is 5.46. The van der Waals surface area contributed by atoms with Crippen molar-refractivity contribution in [2.75, 3.05) is 4.31 Å². The molecule has 0 fully saturated rings. The molecule has 0 aliphatic carbocycles. The summed E-state index contributed by atoms with van der Waals surface area (Å²) in [7, 11) is -4.37. The average Bonchev–Trinajstić information content (AvgIpc) is 2.96. The van der Waals surface area contributed by atoms with Gasteiger partial charge in [0.1, 0.15) is 5.75 Å². The van der Waals surface area contributed by atoms with Crippen molar-refractivity contribution in [3.8, 4) is 5.75 Å².